The van der Waals surface area contributed by atoms with Gasteiger partial charge in [0, 0.05) is 11.6 Å². The number of hydrogen-bond donors (Lipinski definition) is 0. The van der Waals surface area contributed by atoms with E-state index in [4.69, 9.17) is 16.0 Å². The Bertz CT molecular complexity index is 551. The van der Waals surface area contributed by atoms with Crippen LogP contribution in [0.1, 0.15) is 22.3 Å². The Balaban J connectivity index is 2.48. The maximum absolute atomic E-state index is 13.5. The molecule has 0 aliphatic heterocycles. The van der Waals surface area contributed by atoms with Crippen LogP contribution in [0.25, 0.3) is 0 Å². The molecule has 1 aromatic carbocycles. The molecule has 0 aliphatic carbocycles. The predicted octanol–water partition coefficient (Wildman–Crippen LogP) is 4.33. The van der Waals surface area contributed by atoms with Crippen molar-refractivity contribution in [2.24, 2.45) is 0 Å². The van der Waals surface area contributed by atoms with E-state index < -0.39 is 22.8 Å². The highest BCUT2D eigenvalue weighted by Crippen LogP contribution is 2.33. The van der Waals surface area contributed by atoms with Gasteiger partial charge >= 0.3 is 0 Å². The molecule has 0 N–H and O–H groups in total. The molecule has 1 atom stereocenters. The van der Waals surface area contributed by atoms with Crippen LogP contribution < -0.4 is 0 Å². The number of hydrogen-bond acceptors (Lipinski definition) is 1. The lowest BCUT2D eigenvalue weighted by atomic mass is 10.1. The van der Waals surface area contributed by atoms with E-state index in [1.54, 1.807) is 13.0 Å². The van der Waals surface area contributed by atoms with Gasteiger partial charge in [0.1, 0.15) is 17.0 Å². The summed E-state index contributed by atoms with van der Waals surface area (Å²) in [5.74, 6) is -2.97. The van der Waals surface area contributed by atoms with Gasteiger partial charge in [-0.05, 0) is 24.6 Å². The molecule has 0 aliphatic rings. The van der Waals surface area contributed by atoms with Crippen LogP contribution in [0.15, 0.2) is 28.9 Å². The van der Waals surface area contributed by atoms with Gasteiger partial charge in [-0.15, -0.1) is 11.6 Å². The van der Waals surface area contributed by atoms with Crippen molar-refractivity contribution in [1.29, 1.82) is 0 Å². The second-order valence-electron chi connectivity index (χ2n) is 3.62. The van der Waals surface area contributed by atoms with Crippen molar-refractivity contribution in [2.45, 2.75) is 12.3 Å². The predicted molar refractivity (Wildman–Crippen MR) is 57.5 cm³/mol. The standard InChI is InChI=1S/C12H8ClF3O/c1-6-2-3-17-12(6)11(13)7-4-9(15)10(16)5-8(7)14/h2-5,11H,1H3. The Morgan fingerprint density at radius 1 is 1.12 bits per heavy atom. The van der Waals surface area contributed by atoms with Crippen molar-refractivity contribution < 1.29 is 17.6 Å². The van der Waals surface area contributed by atoms with Crippen LogP contribution in [0.5, 0.6) is 0 Å². The first kappa shape index (κ1) is 12.0. The number of rotatable bonds is 2. The SMILES string of the molecule is Cc1ccoc1C(Cl)c1cc(F)c(F)cc1F. The van der Waals surface area contributed by atoms with Gasteiger partial charge in [0.25, 0.3) is 0 Å². The monoisotopic (exact) mass is 260 g/mol. The third-order valence-electron chi connectivity index (χ3n) is 2.44. The Hall–Kier alpha value is -1.42. The Morgan fingerprint density at radius 3 is 2.35 bits per heavy atom. The molecule has 0 amide bonds. The molecule has 2 aromatic rings. The largest absolute Gasteiger partial charge is 0.467 e. The molecule has 17 heavy (non-hydrogen) atoms. The summed E-state index contributed by atoms with van der Waals surface area (Å²) >= 11 is 5.98. The molecule has 0 spiro atoms. The van der Waals surface area contributed by atoms with E-state index in [-0.39, 0.29) is 5.56 Å². The van der Waals surface area contributed by atoms with Gasteiger partial charge in [-0.25, -0.2) is 13.2 Å². The van der Waals surface area contributed by atoms with Crippen LogP contribution in [-0.2, 0) is 0 Å². The zero-order valence-electron chi connectivity index (χ0n) is 8.81. The first-order chi connectivity index (χ1) is 8.00. The minimum absolute atomic E-state index is 0.149. The van der Waals surface area contributed by atoms with Crippen LogP contribution in [0.2, 0.25) is 0 Å². The fourth-order valence-electron chi connectivity index (χ4n) is 1.52. The highest BCUT2D eigenvalue weighted by atomic mass is 35.5. The molecular weight excluding hydrogens is 253 g/mol. The average Bonchev–Trinajstić information content (AvgIpc) is 2.69. The van der Waals surface area contributed by atoms with E-state index in [1.165, 1.54) is 6.26 Å². The Morgan fingerprint density at radius 2 is 1.76 bits per heavy atom. The summed E-state index contributed by atoms with van der Waals surface area (Å²) in [6.07, 6.45) is 1.40. The van der Waals surface area contributed by atoms with E-state index in [1.807, 2.05) is 0 Å². The zero-order valence-corrected chi connectivity index (χ0v) is 9.56. The summed E-state index contributed by atoms with van der Waals surface area (Å²) in [5, 5.41) is -0.986. The van der Waals surface area contributed by atoms with Gasteiger partial charge in [0.2, 0.25) is 0 Å². The van der Waals surface area contributed by atoms with E-state index in [9.17, 15) is 13.2 Å². The van der Waals surface area contributed by atoms with Crippen LogP contribution in [0, 0.1) is 24.4 Å². The van der Waals surface area contributed by atoms with Crippen LogP contribution in [0.3, 0.4) is 0 Å². The van der Waals surface area contributed by atoms with Crippen LogP contribution in [0.4, 0.5) is 13.2 Å². The minimum atomic E-state index is -1.24. The van der Waals surface area contributed by atoms with Gasteiger partial charge < -0.3 is 4.42 Å². The summed E-state index contributed by atoms with van der Waals surface area (Å²) < 4.78 is 44.4. The third-order valence-corrected chi connectivity index (χ3v) is 2.88. The lowest BCUT2D eigenvalue weighted by molar-refractivity contribution is 0.481. The van der Waals surface area contributed by atoms with Crippen molar-refractivity contribution in [1.82, 2.24) is 0 Å². The van der Waals surface area contributed by atoms with Crippen molar-refractivity contribution in [2.75, 3.05) is 0 Å². The first-order valence-corrected chi connectivity index (χ1v) is 5.27. The fraction of sp³-hybridized carbons (Fsp3) is 0.167. The van der Waals surface area contributed by atoms with Crippen LogP contribution >= 0.6 is 11.6 Å². The molecule has 0 bridgehead atoms. The zero-order chi connectivity index (χ0) is 12.6. The van der Waals surface area contributed by atoms with Gasteiger partial charge in [0.05, 0.1) is 6.26 Å². The smallest absolute Gasteiger partial charge is 0.161 e. The second-order valence-corrected chi connectivity index (χ2v) is 4.05. The number of aryl methyl sites for hydroxylation is 1. The molecule has 1 heterocycles. The summed E-state index contributed by atoms with van der Waals surface area (Å²) in [6, 6.07) is 2.87. The highest BCUT2D eigenvalue weighted by molar-refractivity contribution is 6.22. The van der Waals surface area contributed by atoms with Crippen molar-refractivity contribution in [3.63, 3.8) is 0 Å². The van der Waals surface area contributed by atoms with Gasteiger partial charge in [-0.1, -0.05) is 0 Å². The molecule has 0 fully saturated rings. The molecule has 90 valence electrons. The molecule has 2 rings (SSSR count). The number of benzene rings is 1. The Labute approximate surface area is 101 Å². The molecule has 1 aromatic heterocycles. The number of halogens is 4. The molecule has 0 saturated heterocycles. The highest BCUT2D eigenvalue weighted by Gasteiger charge is 2.22. The second kappa shape index (κ2) is 4.45. The van der Waals surface area contributed by atoms with E-state index >= 15 is 0 Å². The number of alkyl halides is 1. The van der Waals surface area contributed by atoms with Gasteiger partial charge in [0.15, 0.2) is 11.6 Å². The fourth-order valence-corrected chi connectivity index (χ4v) is 1.91. The molecule has 0 radical (unpaired) electrons. The van der Waals surface area contributed by atoms with Crippen molar-refractivity contribution in [3.05, 3.63) is 58.8 Å². The lowest BCUT2D eigenvalue weighted by Crippen LogP contribution is -2.00. The lowest BCUT2D eigenvalue weighted by Gasteiger charge is -2.10. The van der Waals surface area contributed by atoms with Crippen LogP contribution in [-0.4, -0.2) is 0 Å². The van der Waals surface area contributed by atoms with Crippen molar-refractivity contribution >= 4 is 11.6 Å². The molecule has 1 unspecified atom stereocenters. The van der Waals surface area contributed by atoms with E-state index in [2.05, 4.69) is 0 Å². The summed E-state index contributed by atoms with van der Waals surface area (Å²) in [4.78, 5) is 0. The third kappa shape index (κ3) is 2.17. The summed E-state index contributed by atoms with van der Waals surface area (Å²) in [6.45, 7) is 1.73. The molecule has 1 nitrogen and oxygen atoms in total. The summed E-state index contributed by atoms with van der Waals surface area (Å²) in [7, 11) is 0. The first-order valence-electron chi connectivity index (χ1n) is 4.83. The minimum Gasteiger partial charge on any atom is -0.467 e. The summed E-state index contributed by atoms with van der Waals surface area (Å²) in [5.41, 5.74) is 0.567. The molecule has 5 heteroatoms. The quantitative estimate of drug-likeness (QED) is 0.578. The topological polar surface area (TPSA) is 13.1 Å². The van der Waals surface area contributed by atoms with Gasteiger partial charge in [-0.2, -0.15) is 0 Å². The molecular formula is C12H8ClF3O. The Kier molecular flexibility index (Phi) is 3.15. The number of furan rings is 1. The maximum Gasteiger partial charge on any atom is 0.161 e. The van der Waals surface area contributed by atoms with E-state index in [0.717, 1.165) is 6.07 Å². The molecule has 0 saturated carbocycles. The normalized spacial score (nSPS) is 12.8. The average molecular weight is 261 g/mol. The maximum atomic E-state index is 13.5. The van der Waals surface area contributed by atoms with Gasteiger partial charge in [-0.3, -0.25) is 0 Å². The van der Waals surface area contributed by atoms with Crippen molar-refractivity contribution in [3.8, 4) is 0 Å². The van der Waals surface area contributed by atoms with E-state index in [0.29, 0.717) is 17.4 Å².